The minimum Gasteiger partial charge on any atom is -0.329 e. The lowest BCUT2D eigenvalue weighted by Gasteiger charge is -2.11. The largest absolute Gasteiger partial charge is 0.329 e. The average Bonchev–Trinajstić information content (AvgIpc) is 2.20. The van der Waals surface area contributed by atoms with E-state index in [0.717, 1.165) is 13.1 Å². The van der Waals surface area contributed by atoms with Crippen LogP contribution in [0.1, 0.15) is 11.1 Å². The first-order valence-electron chi connectivity index (χ1n) is 4.95. The van der Waals surface area contributed by atoms with E-state index in [1.54, 1.807) is 0 Å². The monoisotopic (exact) mass is 193 g/mol. The standard InChI is InChI=1S/C11H19N3/c1-9-4-2-3-5-10(9)7-14-8-11(13)6-12/h2-5,11,14H,6-8,12-13H2,1H3. The molecule has 0 spiro atoms. The van der Waals surface area contributed by atoms with Crippen LogP contribution >= 0.6 is 0 Å². The molecule has 5 N–H and O–H groups in total. The number of rotatable bonds is 5. The number of hydrogen-bond acceptors (Lipinski definition) is 3. The number of nitrogens with two attached hydrogens (primary N) is 2. The Kier molecular flexibility index (Phi) is 4.59. The Balaban J connectivity index is 2.35. The summed E-state index contributed by atoms with van der Waals surface area (Å²) in [4.78, 5) is 0. The Hall–Kier alpha value is -0.900. The molecule has 0 bridgehead atoms. The highest BCUT2D eigenvalue weighted by molar-refractivity contribution is 5.25. The van der Waals surface area contributed by atoms with E-state index in [0.29, 0.717) is 6.54 Å². The Bertz CT molecular complexity index is 273. The second kappa shape index (κ2) is 5.75. The van der Waals surface area contributed by atoms with Gasteiger partial charge in [-0.1, -0.05) is 24.3 Å². The summed E-state index contributed by atoms with van der Waals surface area (Å²) in [7, 11) is 0. The summed E-state index contributed by atoms with van der Waals surface area (Å²) in [6, 6.07) is 8.38. The first kappa shape index (κ1) is 11.2. The summed E-state index contributed by atoms with van der Waals surface area (Å²) in [6.07, 6.45) is 0. The lowest BCUT2D eigenvalue weighted by atomic mass is 10.1. The molecule has 0 heterocycles. The molecule has 0 aliphatic heterocycles. The normalized spacial score (nSPS) is 12.8. The maximum absolute atomic E-state index is 5.69. The first-order valence-corrected chi connectivity index (χ1v) is 4.95. The lowest BCUT2D eigenvalue weighted by Crippen LogP contribution is -2.39. The second-order valence-corrected chi connectivity index (χ2v) is 3.55. The molecule has 1 rings (SSSR count). The third kappa shape index (κ3) is 3.46. The van der Waals surface area contributed by atoms with Gasteiger partial charge in [0.1, 0.15) is 0 Å². The van der Waals surface area contributed by atoms with Crippen LogP contribution in [0.4, 0.5) is 0 Å². The van der Waals surface area contributed by atoms with Crippen molar-refractivity contribution in [3.8, 4) is 0 Å². The molecule has 1 aromatic carbocycles. The third-order valence-electron chi connectivity index (χ3n) is 2.29. The van der Waals surface area contributed by atoms with Gasteiger partial charge in [-0.15, -0.1) is 0 Å². The Morgan fingerprint density at radius 2 is 2.07 bits per heavy atom. The third-order valence-corrected chi connectivity index (χ3v) is 2.29. The van der Waals surface area contributed by atoms with E-state index in [1.807, 2.05) is 12.1 Å². The molecule has 14 heavy (non-hydrogen) atoms. The van der Waals surface area contributed by atoms with E-state index in [4.69, 9.17) is 11.5 Å². The average molecular weight is 193 g/mol. The molecule has 0 aliphatic rings. The highest BCUT2D eigenvalue weighted by Crippen LogP contribution is 2.05. The van der Waals surface area contributed by atoms with Crippen molar-refractivity contribution >= 4 is 0 Å². The summed E-state index contributed by atoms with van der Waals surface area (Å²) in [5.41, 5.74) is 13.7. The molecule has 3 heteroatoms. The smallest absolute Gasteiger partial charge is 0.0290 e. The van der Waals surface area contributed by atoms with Crippen LogP contribution in [0.5, 0.6) is 0 Å². The van der Waals surface area contributed by atoms with Crippen LogP contribution in [0.25, 0.3) is 0 Å². The molecule has 1 atom stereocenters. The fourth-order valence-corrected chi connectivity index (χ4v) is 1.28. The zero-order chi connectivity index (χ0) is 10.4. The summed E-state index contributed by atoms with van der Waals surface area (Å²) < 4.78 is 0. The van der Waals surface area contributed by atoms with Gasteiger partial charge in [-0.2, -0.15) is 0 Å². The maximum Gasteiger partial charge on any atom is 0.0290 e. The molecule has 1 aromatic rings. The predicted octanol–water partition coefficient (Wildman–Crippen LogP) is 0.371. The second-order valence-electron chi connectivity index (χ2n) is 3.55. The van der Waals surface area contributed by atoms with E-state index < -0.39 is 0 Å². The minimum atomic E-state index is 0.0546. The van der Waals surface area contributed by atoms with Crippen LogP contribution in [0.15, 0.2) is 24.3 Å². The summed E-state index contributed by atoms with van der Waals surface area (Å²) in [5.74, 6) is 0. The van der Waals surface area contributed by atoms with Gasteiger partial charge < -0.3 is 16.8 Å². The summed E-state index contributed by atoms with van der Waals surface area (Å²) in [5, 5.41) is 3.29. The van der Waals surface area contributed by atoms with Crippen molar-refractivity contribution in [2.45, 2.75) is 19.5 Å². The van der Waals surface area contributed by atoms with Crippen molar-refractivity contribution in [3.05, 3.63) is 35.4 Å². The topological polar surface area (TPSA) is 64.1 Å². The first-order chi connectivity index (χ1) is 6.74. The van der Waals surface area contributed by atoms with Gasteiger partial charge in [0.05, 0.1) is 0 Å². The molecular formula is C11H19N3. The van der Waals surface area contributed by atoms with Gasteiger partial charge in [0, 0.05) is 25.7 Å². The number of aryl methyl sites for hydroxylation is 1. The van der Waals surface area contributed by atoms with Crippen molar-refractivity contribution < 1.29 is 0 Å². The quantitative estimate of drug-likeness (QED) is 0.633. The zero-order valence-corrected chi connectivity index (χ0v) is 8.66. The van der Waals surface area contributed by atoms with Crippen LogP contribution in [0, 0.1) is 6.92 Å². The van der Waals surface area contributed by atoms with Gasteiger partial charge in [0.15, 0.2) is 0 Å². The highest BCUT2D eigenvalue weighted by atomic mass is 14.9. The molecule has 78 valence electrons. The molecule has 0 saturated carbocycles. The Labute approximate surface area is 85.5 Å². The van der Waals surface area contributed by atoms with Gasteiger partial charge in [-0.25, -0.2) is 0 Å². The van der Waals surface area contributed by atoms with Gasteiger partial charge in [0.25, 0.3) is 0 Å². The van der Waals surface area contributed by atoms with Crippen molar-refractivity contribution in [2.75, 3.05) is 13.1 Å². The summed E-state index contributed by atoms with van der Waals surface area (Å²) in [6.45, 7) is 4.27. The molecule has 3 nitrogen and oxygen atoms in total. The van der Waals surface area contributed by atoms with Gasteiger partial charge in [-0.3, -0.25) is 0 Å². The van der Waals surface area contributed by atoms with Crippen LogP contribution in [-0.2, 0) is 6.54 Å². The van der Waals surface area contributed by atoms with Gasteiger partial charge >= 0.3 is 0 Å². The molecule has 0 aromatic heterocycles. The van der Waals surface area contributed by atoms with E-state index in [-0.39, 0.29) is 6.04 Å². The van der Waals surface area contributed by atoms with Crippen LogP contribution < -0.4 is 16.8 Å². The number of hydrogen-bond donors (Lipinski definition) is 3. The fraction of sp³-hybridized carbons (Fsp3) is 0.455. The number of nitrogens with one attached hydrogen (secondary N) is 1. The summed E-state index contributed by atoms with van der Waals surface area (Å²) >= 11 is 0. The fourth-order valence-electron chi connectivity index (χ4n) is 1.28. The Morgan fingerprint density at radius 3 is 2.71 bits per heavy atom. The van der Waals surface area contributed by atoms with E-state index in [1.165, 1.54) is 11.1 Å². The molecule has 0 radical (unpaired) electrons. The van der Waals surface area contributed by atoms with Crippen molar-refractivity contribution in [1.29, 1.82) is 0 Å². The SMILES string of the molecule is Cc1ccccc1CNCC(N)CN. The zero-order valence-electron chi connectivity index (χ0n) is 8.66. The van der Waals surface area contributed by atoms with Crippen molar-refractivity contribution in [1.82, 2.24) is 5.32 Å². The minimum absolute atomic E-state index is 0.0546. The molecule has 1 unspecified atom stereocenters. The van der Waals surface area contributed by atoms with Gasteiger partial charge in [0.2, 0.25) is 0 Å². The van der Waals surface area contributed by atoms with Crippen molar-refractivity contribution in [2.24, 2.45) is 11.5 Å². The van der Waals surface area contributed by atoms with E-state index in [2.05, 4.69) is 24.4 Å². The number of benzene rings is 1. The molecule has 0 fully saturated rings. The van der Waals surface area contributed by atoms with Crippen LogP contribution in [0.2, 0.25) is 0 Å². The van der Waals surface area contributed by atoms with Crippen LogP contribution in [-0.4, -0.2) is 19.1 Å². The van der Waals surface area contributed by atoms with Crippen LogP contribution in [0.3, 0.4) is 0 Å². The highest BCUT2D eigenvalue weighted by Gasteiger charge is 1.99. The molecule has 0 saturated heterocycles. The molecule has 0 aliphatic carbocycles. The maximum atomic E-state index is 5.69. The Morgan fingerprint density at radius 1 is 1.36 bits per heavy atom. The van der Waals surface area contributed by atoms with E-state index >= 15 is 0 Å². The molecular weight excluding hydrogens is 174 g/mol. The lowest BCUT2D eigenvalue weighted by molar-refractivity contribution is 0.581. The van der Waals surface area contributed by atoms with Gasteiger partial charge in [-0.05, 0) is 18.1 Å². The molecule has 0 amide bonds. The van der Waals surface area contributed by atoms with E-state index in [9.17, 15) is 0 Å². The van der Waals surface area contributed by atoms with Crippen molar-refractivity contribution in [3.63, 3.8) is 0 Å². The predicted molar refractivity (Wildman–Crippen MR) is 59.9 cm³/mol.